The molecular formula is C21H32N2O5. The molecule has 1 saturated carbocycles. The molecule has 2 rings (SSSR count). The lowest BCUT2D eigenvalue weighted by Gasteiger charge is -2.29. The van der Waals surface area contributed by atoms with Crippen molar-refractivity contribution in [3.8, 4) is 11.5 Å². The highest BCUT2D eigenvalue weighted by Gasteiger charge is 2.35. The highest BCUT2D eigenvalue weighted by atomic mass is 16.6. The topological polar surface area (TPSA) is 99.9 Å². The summed E-state index contributed by atoms with van der Waals surface area (Å²) in [5, 5.41) is 2.65. The standard InChI is InChI=1S/C21H32N2O5/c1-20(2,3)28-19(25)23-13-21(4,18(22)24)14-10-11-16(26-5)17(12-14)27-15-8-6-7-9-15/h10-12,15H,6-9,13H2,1-5H3,(H2,22,24)(H,23,25). The smallest absolute Gasteiger partial charge is 0.407 e. The number of nitrogens with one attached hydrogen (secondary N) is 1. The van der Waals surface area contributed by atoms with Crippen LogP contribution in [0.4, 0.5) is 4.79 Å². The number of carbonyl (C=O) groups excluding carboxylic acids is 2. The molecule has 28 heavy (non-hydrogen) atoms. The number of amides is 2. The lowest BCUT2D eigenvalue weighted by Crippen LogP contribution is -2.48. The number of primary amides is 1. The van der Waals surface area contributed by atoms with Gasteiger partial charge in [-0.15, -0.1) is 0 Å². The maximum Gasteiger partial charge on any atom is 0.407 e. The molecule has 7 heteroatoms. The highest BCUT2D eigenvalue weighted by molar-refractivity contribution is 5.87. The SMILES string of the molecule is COc1ccc(C(C)(CNC(=O)OC(C)(C)C)C(N)=O)cc1OC1CCCC1. The summed E-state index contributed by atoms with van der Waals surface area (Å²) >= 11 is 0. The maximum absolute atomic E-state index is 12.3. The first-order chi connectivity index (χ1) is 13.0. The molecular weight excluding hydrogens is 360 g/mol. The molecule has 0 heterocycles. The number of hydrogen-bond donors (Lipinski definition) is 2. The fourth-order valence-corrected chi connectivity index (χ4v) is 3.19. The number of benzene rings is 1. The van der Waals surface area contributed by atoms with Crippen LogP contribution in [0.1, 0.15) is 58.9 Å². The van der Waals surface area contributed by atoms with Gasteiger partial charge >= 0.3 is 6.09 Å². The molecule has 0 bridgehead atoms. The van der Waals surface area contributed by atoms with Gasteiger partial charge < -0.3 is 25.3 Å². The zero-order valence-corrected chi connectivity index (χ0v) is 17.5. The molecule has 7 nitrogen and oxygen atoms in total. The van der Waals surface area contributed by atoms with Crippen LogP contribution in [0.5, 0.6) is 11.5 Å². The predicted molar refractivity (Wildman–Crippen MR) is 107 cm³/mol. The van der Waals surface area contributed by atoms with Gasteiger partial charge in [0.1, 0.15) is 5.60 Å². The van der Waals surface area contributed by atoms with Crippen molar-refractivity contribution in [3.63, 3.8) is 0 Å². The van der Waals surface area contributed by atoms with Crippen molar-refractivity contribution in [1.82, 2.24) is 5.32 Å². The number of hydrogen-bond acceptors (Lipinski definition) is 5. The molecule has 2 amide bonds. The lowest BCUT2D eigenvalue weighted by molar-refractivity contribution is -0.122. The summed E-state index contributed by atoms with van der Waals surface area (Å²) in [6.45, 7) is 7.02. The van der Waals surface area contributed by atoms with Gasteiger partial charge in [-0.05, 0) is 71.1 Å². The van der Waals surface area contributed by atoms with E-state index in [1.165, 1.54) is 0 Å². The van der Waals surface area contributed by atoms with E-state index < -0.39 is 23.0 Å². The fourth-order valence-electron chi connectivity index (χ4n) is 3.19. The molecule has 1 aliphatic carbocycles. The highest BCUT2D eigenvalue weighted by Crippen LogP contribution is 2.36. The molecule has 3 N–H and O–H groups in total. The van der Waals surface area contributed by atoms with Gasteiger partial charge in [-0.2, -0.15) is 0 Å². The van der Waals surface area contributed by atoms with Crippen LogP contribution in [0.25, 0.3) is 0 Å². The van der Waals surface area contributed by atoms with E-state index in [4.69, 9.17) is 19.9 Å². The molecule has 1 aromatic rings. The van der Waals surface area contributed by atoms with E-state index in [1.807, 2.05) is 0 Å². The molecule has 1 fully saturated rings. The Morgan fingerprint density at radius 2 is 1.79 bits per heavy atom. The van der Waals surface area contributed by atoms with E-state index >= 15 is 0 Å². The summed E-state index contributed by atoms with van der Waals surface area (Å²) in [7, 11) is 1.58. The Hall–Kier alpha value is -2.44. The summed E-state index contributed by atoms with van der Waals surface area (Å²) in [5.41, 5.74) is 4.58. The van der Waals surface area contributed by atoms with Crippen LogP contribution in [-0.4, -0.2) is 37.4 Å². The number of carbonyl (C=O) groups is 2. The van der Waals surface area contributed by atoms with Crippen LogP contribution in [0.15, 0.2) is 18.2 Å². The summed E-state index contributed by atoms with van der Waals surface area (Å²) in [5.74, 6) is 0.625. The third-order valence-corrected chi connectivity index (χ3v) is 4.93. The van der Waals surface area contributed by atoms with Gasteiger partial charge in [-0.1, -0.05) is 6.07 Å². The second-order valence-corrected chi connectivity index (χ2v) is 8.44. The monoisotopic (exact) mass is 392 g/mol. The molecule has 1 aliphatic rings. The molecule has 1 atom stereocenters. The van der Waals surface area contributed by atoms with Gasteiger partial charge in [0.15, 0.2) is 11.5 Å². The van der Waals surface area contributed by atoms with Crippen LogP contribution in [0.2, 0.25) is 0 Å². The van der Waals surface area contributed by atoms with Crippen LogP contribution in [-0.2, 0) is 14.9 Å². The molecule has 0 saturated heterocycles. The minimum Gasteiger partial charge on any atom is -0.493 e. The number of rotatable bonds is 7. The number of alkyl carbamates (subject to hydrolysis) is 1. The zero-order valence-electron chi connectivity index (χ0n) is 17.5. The molecule has 0 radical (unpaired) electrons. The van der Waals surface area contributed by atoms with Gasteiger partial charge in [0.2, 0.25) is 5.91 Å². The first-order valence-electron chi connectivity index (χ1n) is 9.67. The average Bonchev–Trinajstić information content (AvgIpc) is 3.11. The largest absolute Gasteiger partial charge is 0.493 e. The molecule has 1 unspecified atom stereocenters. The van der Waals surface area contributed by atoms with E-state index in [1.54, 1.807) is 53.0 Å². The van der Waals surface area contributed by atoms with Gasteiger partial charge in [0, 0.05) is 6.54 Å². The van der Waals surface area contributed by atoms with Crippen LogP contribution < -0.4 is 20.5 Å². The van der Waals surface area contributed by atoms with Gasteiger partial charge in [-0.3, -0.25) is 4.79 Å². The van der Waals surface area contributed by atoms with Crippen molar-refractivity contribution in [2.45, 2.75) is 70.5 Å². The molecule has 156 valence electrons. The van der Waals surface area contributed by atoms with Gasteiger partial charge in [-0.25, -0.2) is 4.79 Å². The van der Waals surface area contributed by atoms with E-state index in [0.29, 0.717) is 17.1 Å². The lowest BCUT2D eigenvalue weighted by atomic mass is 9.81. The van der Waals surface area contributed by atoms with E-state index in [9.17, 15) is 9.59 Å². The maximum atomic E-state index is 12.3. The fraction of sp³-hybridized carbons (Fsp3) is 0.619. The summed E-state index contributed by atoms with van der Waals surface area (Å²) in [4.78, 5) is 24.3. The Morgan fingerprint density at radius 1 is 1.14 bits per heavy atom. The Kier molecular flexibility index (Phi) is 6.80. The minimum absolute atomic E-state index is 0.00639. The van der Waals surface area contributed by atoms with E-state index in [0.717, 1.165) is 25.7 Å². The Morgan fingerprint density at radius 3 is 2.32 bits per heavy atom. The van der Waals surface area contributed by atoms with E-state index in [2.05, 4.69) is 5.32 Å². The minimum atomic E-state index is -1.13. The number of nitrogens with two attached hydrogens (primary N) is 1. The predicted octanol–water partition coefficient (Wildman–Crippen LogP) is 3.28. The van der Waals surface area contributed by atoms with Crippen molar-refractivity contribution < 1.29 is 23.8 Å². The normalized spacial score (nSPS) is 16.9. The van der Waals surface area contributed by atoms with Gasteiger partial charge in [0.25, 0.3) is 0 Å². The summed E-state index contributed by atoms with van der Waals surface area (Å²) in [6.07, 6.45) is 3.83. The Balaban J connectivity index is 2.23. The van der Waals surface area contributed by atoms with Crippen LogP contribution >= 0.6 is 0 Å². The summed E-state index contributed by atoms with van der Waals surface area (Å²) < 4.78 is 16.8. The molecule has 1 aromatic carbocycles. The summed E-state index contributed by atoms with van der Waals surface area (Å²) in [6, 6.07) is 5.30. The zero-order chi connectivity index (χ0) is 20.9. The van der Waals surface area contributed by atoms with E-state index in [-0.39, 0.29) is 12.6 Å². The van der Waals surface area contributed by atoms with Crippen LogP contribution in [0.3, 0.4) is 0 Å². The average molecular weight is 392 g/mol. The van der Waals surface area contributed by atoms with Crippen molar-refractivity contribution in [2.75, 3.05) is 13.7 Å². The third-order valence-electron chi connectivity index (χ3n) is 4.93. The molecule has 0 aromatic heterocycles. The van der Waals surface area contributed by atoms with Crippen molar-refractivity contribution in [3.05, 3.63) is 23.8 Å². The number of ether oxygens (including phenoxy) is 3. The van der Waals surface area contributed by atoms with Crippen molar-refractivity contribution >= 4 is 12.0 Å². The second kappa shape index (κ2) is 8.71. The first-order valence-corrected chi connectivity index (χ1v) is 9.67. The van der Waals surface area contributed by atoms with Crippen molar-refractivity contribution in [2.24, 2.45) is 5.73 Å². The Labute approximate surface area is 166 Å². The third kappa shape index (κ3) is 5.53. The quantitative estimate of drug-likeness (QED) is 0.742. The molecule has 0 spiro atoms. The number of methoxy groups -OCH3 is 1. The second-order valence-electron chi connectivity index (χ2n) is 8.44. The molecule has 0 aliphatic heterocycles. The van der Waals surface area contributed by atoms with Gasteiger partial charge in [0.05, 0.1) is 18.6 Å². The first kappa shape index (κ1) is 21.9. The van der Waals surface area contributed by atoms with Crippen LogP contribution in [0, 0.1) is 0 Å². The van der Waals surface area contributed by atoms with Crippen molar-refractivity contribution in [1.29, 1.82) is 0 Å². The Bertz CT molecular complexity index is 707.